The number of benzene rings is 1. The zero-order chi connectivity index (χ0) is 9.30. The molecule has 0 amide bonds. The van der Waals surface area contributed by atoms with Crippen molar-refractivity contribution < 1.29 is 15.0 Å². The second-order valence-electron chi connectivity index (χ2n) is 2.20. The second kappa shape index (κ2) is 3.02. The number of aromatic hydroxyl groups is 1. The first-order valence-corrected chi connectivity index (χ1v) is 3.83. The minimum Gasteiger partial charge on any atom is -0.507 e. The number of halogens is 1. The molecule has 1 rings (SSSR count). The first-order chi connectivity index (χ1) is 5.52. The van der Waals surface area contributed by atoms with Gasteiger partial charge in [-0.15, -0.1) is 0 Å². The van der Waals surface area contributed by atoms with E-state index in [4.69, 9.17) is 15.9 Å². The predicted molar refractivity (Wildman–Crippen MR) is 47.2 cm³/mol. The second-order valence-corrected chi connectivity index (χ2v) is 3.05. The average Bonchev–Trinajstić information content (AvgIpc) is 1.96. The van der Waals surface area contributed by atoms with E-state index in [2.05, 4.69) is 15.9 Å². The minimum absolute atomic E-state index is 0.101. The van der Waals surface area contributed by atoms with Crippen LogP contribution in [0.4, 0.5) is 5.69 Å². The van der Waals surface area contributed by atoms with Gasteiger partial charge in [0.05, 0.1) is 10.0 Å². The molecule has 1 aromatic rings. The topological polar surface area (TPSA) is 83.5 Å². The van der Waals surface area contributed by atoms with Crippen LogP contribution >= 0.6 is 15.9 Å². The van der Waals surface area contributed by atoms with Crippen molar-refractivity contribution in [3.63, 3.8) is 0 Å². The van der Waals surface area contributed by atoms with Crippen molar-refractivity contribution in [2.24, 2.45) is 0 Å². The molecule has 0 bridgehead atoms. The van der Waals surface area contributed by atoms with Gasteiger partial charge < -0.3 is 15.9 Å². The quantitative estimate of drug-likeness (QED) is 0.505. The van der Waals surface area contributed by atoms with Crippen LogP contribution in [0, 0.1) is 0 Å². The average molecular weight is 232 g/mol. The molecule has 4 nitrogen and oxygen atoms in total. The normalized spacial score (nSPS) is 9.75. The third-order valence-corrected chi connectivity index (χ3v) is 1.98. The van der Waals surface area contributed by atoms with E-state index in [1.807, 2.05) is 0 Å². The molecule has 1 aromatic carbocycles. The number of rotatable bonds is 1. The van der Waals surface area contributed by atoms with E-state index in [9.17, 15) is 4.79 Å². The van der Waals surface area contributed by atoms with Crippen LogP contribution < -0.4 is 5.73 Å². The van der Waals surface area contributed by atoms with Crippen LogP contribution in [0.25, 0.3) is 0 Å². The lowest BCUT2D eigenvalue weighted by Crippen LogP contribution is -2.01. The van der Waals surface area contributed by atoms with E-state index in [0.29, 0.717) is 4.47 Å². The van der Waals surface area contributed by atoms with Gasteiger partial charge in [0.2, 0.25) is 0 Å². The molecule has 0 aliphatic heterocycles. The van der Waals surface area contributed by atoms with Gasteiger partial charge in [-0.1, -0.05) is 0 Å². The molecule has 0 atom stereocenters. The summed E-state index contributed by atoms with van der Waals surface area (Å²) in [6, 6.07) is 2.44. The number of hydrogen-bond acceptors (Lipinski definition) is 3. The number of carbonyl (C=O) groups is 1. The third kappa shape index (κ3) is 1.50. The van der Waals surface area contributed by atoms with Crippen molar-refractivity contribution in [2.45, 2.75) is 0 Å². The van der Waals surface area contributed by atoms with Gasteiger partial charge in [0.25, 0.3) is 0 Å². The fourth-order valence-corrected chi connectivity index (χ4v) is 1.12. The third-order valence-electron chi connectivity index (χ3n) is 1.35. The van der Waals surface area contributed by atoms with E-state index in [0.717, 1.165) is 6.07 Å². The lowest BCUT2D eigenvalue weighted by Gasteiger charge is -2.02. The lowest BCUT2D eigenvalue weighted by molar-refractivity contribution is 0.0697. The lowest BCUT2D eigenvalue weighted by atomic mass is 10.2. The maximum absolute atomic E-state index is 10.5. The fourth-order valence-electron chi connectivity index (χ4n) is 0.762. The Balaban J connectivity index is 3.33. The molecule has 0 aliphatic rings. The zero-order valence-corrected chi connectivity index (χ0v) is 7.50. The summed E-state index contributed by atoms with van der Waals surface area (Å²) in [5, 5.41) is 17.7. The van der Waals surface area contributed by atoms with Crippen LogP contribution in [-0.2, 0) is 0 Å². The summed E-state index contributed by atoms with van der Waals surface area (Å²) in [4.78, 5) is 10.5. The largest absolute Gasteiger partial charge is 0.507 e. The van der Waals surface area contributed by atoms with Gasteiger partial charge in [-0.3, -0.25) is 0 Å². The Labute approximate surface area is 76.8 Å². The Morgan fingerprint density at radius 2 is 2.08 bits per heavy atom. The van der Waals surface area contributed by atoms with Crippen LogP contribution in [-0.4, -0.2) is 16.2 Å². The number of nitrogens with two attached hydrogens (primary N) is 1. The summed E-state index contributed by atoms with van der Waals surface area (Å²) in [5.74, 6) is -1.29. The van der Waals surface area contributed by atoms with Crippen LogP contribution in [0.1, 0.15) is 10.4 Å². The maximum atomic E-state index is 10.5. The molecule has 0 aromatic heterocycles. The molecular formula is C7H6BrNO3. The molecule has 5 heteroatoms. The maximum Gasteiger partial charge on any atom is 0.337 e. The molecular weight excluding hydrogens is 226 g/mol. The number of aromatic carboxylic acids is 1. The Bertz CT molecular complexity index is 338. The standard InChI is InChI=1S/C7H6BrNO3/c8-4-2-5(9)3(7(11)12)1-6(4)10/h1-2,10H,9H2,(H,11,12). The molecule has 0 spiro atoms. The van der Waals surface area contributed by atoms with Crippen molar-refractivity contribution >= 4 is 27.6 Å². The SMILES string of the molecule is Nc1cc(Br)c(O)cc1C(=O)O. The van der Waals surface area contributed by atoms with Gasteiger partial charge >= 0.3 is 5.97 Å². The zero-order valence-electron chi connectivity index (χ0n) is 5.91. The highest BCUT2D eigenvalue weighted by atomic mass is 79.9. The first-order valence-electron chi connectivity index (χ1n) is 3.03. The summed E-state index contributed by atoms with van der Waals surface area (Å²) < 4.78 is 0.380. The van der Waals surface area contributed by atoms with Gasteiger partial charge in [0, 0.05) is 5.69 Å². The van der Waals surface area contributed by atoms with Crippen molar-refractivity contribution in [2.75, 3.05) is 5.73 Å². The number of phenols is 1. The number of phenolic OH excluding ortho intramolecular Hbond substituents is 1. The molecule has 0 radical (unpaired) electrons. The summed E-state index contributed by atoms with van der Waals surface area (Å²) >= 11 is 3.01. The summed E-state index contributed by atoms with van der Waals surface area (Å²) in [6.45, 7) is 0. The number of anilines is 1. The highest BCUT2D eigenvalue weighted by Crippen LogP contribution is 2.28. The minimum atomic E-state index is -1.16. The van der Waals surface area contributed by atoms with Crippen molar-refractivity contribution in [3.8, 4) is 5.75 Å². The Morgan fingerprint density at radius 3 is 2.58 bits per heavy atom. The molecule has 12 heavy (non-hydrogen) atoms. The number of nitrogen functional groups attached to an aromatic ring is 1. The van der Waals surface area contributed by atoms with Gasteiger partial charge in [0.15, 0.2) is 0 Å². The Morgan fingerprint density at radius 1 is 1.50 bits per heavy atom. The summed E-state index contributed by atoms with van der Waals surface area (Å²) in [5.41, 5.74) is 5.39. The van der Waals surface area contributed by atoms with Crippen LogP contribution in [0.5, 0.6) is 5.75 Å². The Kier molecular flexibility index (Phi) is 2.23. The Hall–Kier alpha value is -1.23. The predicted octanol–water partition coefficient (Wildman–Crippen LogP) is 1.44. The van der Waals surface area contributed by atoms with Crippen LogP contribution in [0.3, 0.4) is 0 Å². The molecule has 0 saturated heterocycles. The van der Waals surface area contributed by atoms with Gasteiger partial charge in [-0.05, 0) is 28.1 Å². The van der Waals surface area contributed by atoms with E-state index >= 15 is 0 Å². The highest BCUT2D eigenvalue weighted by Gasteiger charge is 2.10. The van der Waals surface area contributed by atoms with Crippen LogP contribution in [0.2, 0.25) is 0 Å². The van der Waals surface area contributed by atoms with E-state index in [-0.39, 0.29) is 17.0 Å². The fraction of sp³-hybridized carbons (Fsp3) is 0. The molecule has 0 unspecified atom stereocenters. The highest BCUT2D eigenvalue weighted by molar-refractivity contribution is 9.10. The first kappa shape index (κ1) is 8.86. The van der Waals surface area contributed by atoms with Gasteiger partial charge in [-0.2, -0.15) is 0 Å². The van der Waals surface area contributed by atoms with E-state index in [1.54, 1.807) is 0 Å². The van der Waals surface area contributed by atoms with Gasteiger partial charge in [0.1, 0.15) is 5.75 Å². The van der Waals surface area contributed by atoms with E-state index in [1.165, 1.54) is 6.07 Å². The van der Waals surface area contributed by atoms with Crippen molar-refractivity contribution in [1.82, 2.24) is 0 Å². The monoisotopic (exact) mass is 231 g/mol. The van der Waals surface area contributed by atoms with Crippen molar-refractivity contribution in [1.29, 1.82) is 0 Å². The summed E-state index contributed by atoms with van der Waals surface area (Å²) in [6.07, 6.45) is 0. The molecule has 0 saturated carbocycles. The molecule has 0 aliphatic carbocycles. The molecule has 0 heterocycles. The molecule has 64 valence electrons. The molecule has 0 fully saturated rings. The molecule has 4 N–H and O–H groups in total. The number of hydrogen-bond donors (Lipinski definition) is 3. The summed E-state index contributed by atoms with van der Waals surface area (Å²) in [7, 11) is 0. The van der Waals surface area contributed by atoms with E-state index < -0.39 is 5.97 Å². The van der Waals surface area contributed by atoms with Gasteiger partial charge in [-0.25, -0.2) is 4.79 Å². The van der Waals surface area contributed by atoms with Crippen LogP contribution in [0.15, 0.2) is 16.6 Å². The smallest absolute Gasteiger partial charge is 0.337 e. The number of carboxylic acid groups (broad SMARTS) is 1. The van der Waals surface area contributed by atoms with Crippen molar-refractivity contribution in [3.05, 3.63) is 22.2 Å². The number of carboxylic acids is 1.